The highest BCUT2D eigenvalue weighted by atomic mass is 79.9. The molecule has 94 valence electrons. The molecule has 0 bridgehead atoms. The van der Waals surface area contributed by atoms with Crippen molar-refractivity contribution in [2.45, 2.75) is 5.88 Å². The van der Waals surface area contributed by atoms with E-state index in [1.165, 1.54) is 0 Å². The molecule has 0 radical (unpaired) electrons. The van der Waals surface area contributed by atoms with Gasteiger partial charge in [0.05, 0.1) is 16.0 Å². The molecule has 0 fully saturated rings. The second-order valence-corrected chi connectivity index (χ2v) is 5.74. The van der Waals surface area contributed by atoms with Crippen LogP contribution in [0.5, 0.6) is 11.5 Å². The van der Waals surface area contributed by atoms with Gasteiger partial charge in [-0.15, -0.1) is 22.9 Å². The smallest absolute Gasteiger partial charge is 0.175 e. The van der Waals surface area contributed by atoms with E-state index in [4.69, 9.17) is 21.1 Å². The lowest BCUT2D eigenvalue weighted by Gasteiger charge is -2.20. The minimum Gasteiger partial charge on any atom is -0.486 e. The van der Waals surface area contributed by atoms with Crippen LogP contribution in [0.1, 0.15) is 5.69 Å². The van der Waals surface area contributed by atoms with Crippen molar-refractivity contribution < 1.29 is 9.47 Å². The first-order valence-electron chi connectivity index (χ1n) is 5.38. The maximum atomic E-state index is 5.76. The summed E-state index contributed by atoms with van der Waals surface area (Å²) in [7, 11) is 0. The van der Waals surface area contributed by atoms with Crippen LogP contribution in [0.15, 0.2) is 22.0 Å². The van der Waals surface area contributed by atoms with Crippen LogP contribution in [0.3, 0.4) is 0 Å². The van der Waals surface area contributed by atoms with E-state index in [2.05, 4.69) is 20.9 Å². The molecule has 6 heteroatoms. The highest BCUT2D eigenvalue weighted by Gasteiger charge is 2.18. The van der Waals surface area contributed by atoms with Gasteiger partial charge in [-0.25, -0.2) is 4.98 Å². The first-order chi connectivity index (χ1) is 8.78. The minimum absolute atomic E-state index is 0.433. The summed E-state index contributed by atoms with van der Waals surface area (Å²) < 4.78 is 12.0. The topological polar surface area (TPSA) is 31.4 Å². The predicted molar refractivity (Wildman–Crippen MR) is 75.8 cm³/mol. The fourth-order valence-electron chi connectivity index (χ4n) is 1.74. The van der Waals surface area contributed by atoms with E-state index >= 15 is 0 Å². The van der Waals surface area contributed by atoms with Crippen LogP contribution in [-0.2, 0) is 5.88 Å². The van der Waals surface area contributed by atoms with Gasteiger partial charge in [0.15, 0.2) is 11.5 Å². The molecule has 18 heavy (non-hydrogen) atoms. The van der Waals surface area contributed by atoms with Gasteiger partial charge in [0.25, 0.3) is 0 Å². The highest BCUT2D eigenvalue weighted by Crippen LogP contribution is 2.41. The number of benzene rings is 1. The van der Waals surface area contributed by atoms with Gasteiger partial charge < -0.3 is 9.47 Å². The molecule has 0 saturated heterocycles. The van der Waals surface area contributed by atoms with Crippen LogP contribution in [-0.4, -0.2) is 18.2 Å². The summed E-state index contributed by atoms with van der Waals surface area (Å²) in [6, 6.07) is 3.94. The molecule has 0 N–H and O–H groups in total. The summed E-state index contributed by atoms with van der Waals surface area (Å²) in [4.78, 5) is 4.46. The van der Waals surface area contributed by atoms with E-state index in [1.807, 2.05) is 17.5 Å². The number of rotatable bonds is 2. The van der Waals surface area contributed by atoms with E-state index in [-0.39, 0.29) is 0 Å². The summed E-state index contributed by atoms with van der Waals surface area (Å²) in [6.45, 7) is 1.16. The molecule has 0 unspecified atom stereocenters. The minimum atomic E-state index is 0.433. The van der Waals surface area contributed by atoms with Crippen molar-refractivity contribution in [2.24, 2.45) is 0 Å². The van der Waals surface area contributed by atoms with Crippen LogP contribution >= 0.6 is 38.9 Å². The Labute approximate surface area is 122 Å². The average molecular weight is 347 g/mol. The largest absolute Gasteiger partial charge is 0.486 e. The number of fused-ring (bicyclic) bond motifs is 1. The van der Waals surface area contributed by atoms with Crippen molar-refractivity contribution in [2.75, 3.05) is 13.2 Å². The number of nitrogens with zero attached hydrogens (tertiary/aromatic N) is 1. The Kier molecular flexibility index (Phi) is 3.46. The molecule has 0 saturated carbocycles. The first-order valence-corrected chi connectivity index (χ1v) is 7.58. The van der Waals surface area contributed by atoms with Crippen LogP contribution in [0.4, 0.5) is 0 Å². The second-order valence-electron chi connectivity index (χ2n) is 3.76. The van der Waals surface area contributed by atoms with E-state index < -0.39 is 0 Å². The molecule has 1 aromatic carbocycles. The average Bonchev–Trinajstić information content (AvgIpc) is 2.87. The van der Waals surface area contributed by atoms with Crippen LogP contribution in [0.25, 0.3) is 10.6 Å². The Balaban J connectivity index is 2.04. The van der Waals surface area contributed by atoms with Crippen molar-refractivity contribution in [3.05, 3.63) is 27.7 Å². The first kappa shape index (κ1) is 12.3. The van der Waals surface area contributed by atoms with E-state index in [1.54, 1.807) is 11.3 Å². The SMILES string of the molecule is ClCc1csc(-c2cc(Br)c3c(c2)OCCO3)n1. The number of alkyl halides is 1. The van der Waals surface area contributed by atoms with E-state index in [0.29, 0.717) is 19.1 Å². The van der Waals surface area contributed by atoms with Crippen molar-refractivity contribution in [1.82, 2.24) is 4.98 Å². The number of halogens is 2. The summed E-state index contributed by atoms with van der Waals surface area (Å²) in [5.41, 5.74) is 1.90. The molecule has 2 heterocycles. The second kappa shape index (κ2) is 5.07. The van der Waals surface area contributed by atoms with Crippen LogP contribution in [0.2, 0.25) is 0 Å². The standard InChI is InChI=1S/C12H9BrClNO2S/c13-9-3-7(12-15-8(5-14)6-18-12)4-10-11(9)17-2-1-16-10/h3-4,6H,1-2,5H2. The van der Waals surface area contributed by atoms with Gasteiger partial charge in [-0.3, -0.25) is 0 Å². The number of thiazole rings is 1. The summed E-state index contributed by atoms with van der Waals surface area (Å²) >= 11 is 10.8. The lowest BCUT2D eigenvalue weighted by atomic mass is 10.2. The van der Waals surface area contributed by atoms with Crippen LogP contribution in [0, 0.1) is 0 Å². The summed E-state index contributed by atoms with van der Waals surface area (Å²) in [6.07, 6.45) is 0. The molecule has 3 nitrogen and oxygen atoms in total. The summed E-state index contributed by atoms with van der Waals surface area (Å²) in [5, 5.41) is 2.90. The predicted octanol–water partition coefficient (Wildman–Crippen LogP) is 4.08. The van der Waals surface area contributed by atoms with Crippen molar-refractivity contribution in [3.63, 3.8) is 0 Å². The zero-order valence-electron chi connectivity index (χ0n) is 9.28. The zero-order chi connectivity index (χ0) is 12.5. The lowest BCUT2D eigenvalue weighted by molar-refractivity contribution is 0.170. The third kappa shape index (κ3) is 2.22. The van der Waals surface area contributed by atoms with Gasteiger partial charge in [-0.05, 0) is 28.1 Å². The lowest BCUT2D eigenvalue weighted by Crippen LogP contribution is -2.15. The number of aromatic nitrogens is 1. The zero-order valence-corrected chi connectivity index (χ0v) is 12.4. The number of hydrogen-bond acceptors (Lipinski definition) is 4. The van der Waals surface area contributed by atoms with Crippen molar-refractivity contribution >= 4 is 38.9 Å². The highest BCUT2D eigenvalue weighted by molar-refractivity contribution is 9.10. The van der Waals surface area contributed by atoms with Crippen molar-refractivity contribution in [3.8, 4) is 22.1 Å². The third-order valence-electron chi connectivity index (χ3n) is 2.53. The van der Waals surface area contributed by atoms with Gasteiger partial charge in [0.2, 0.25) is 0 Å². The maximum Gasteiger partial charge on any atom is 0.175 e. The molecule has 1 aliphatic rings. The van der Waals surface area contributed by atoms with E-state index in [9.17, 15) is 0 Å². The van der Waals surface area contributed by atoms with E-state index in [0.717, 1.165) is 32.2 Å². The molecule has 2 aromatic rings. The Morgan fingerprint density at radius 1 is 1.33 bits per heavy atom. The normalized spacial score (nSPS) is 13.7. The molecule has 0 spiro atoms. The van der Waals surface area contributed by atoms with Gasteiger partial charge >= 0.3 is 0 Å². The molecule has 1 aromatic heterocycles. The Bertz CT molecular complexity index is 587. The van der Waals surface area contributed by atoms with Gasteiger partial charge in [-0.2, -0.15) is 0 Å². The number of ether oxygens (including phenoxy) is 2. The quantitative estimate of drug-likeness (QED) is 0.768. The molecule has 0 aliphatic carbocycles. The fraction of sp³-hybridized carbons (Fsp3) is 0.250. The Hall–Kier alpha value is -0.780. The molecule has 3 rings (SSSR count). The fourth-order valence-corrected chi connectivity index (χ4v) is 3.33. The molecule has 1 aliphatic heterocycles. The molecule has 0 amide bonds. The molecular formula is C12H9BrClNO2S. The van der Waals surface area contributed by atoms with Gasteiger partial charge in [0, 0.05) is 10.9 Å². The maximum absolute atomic E-state index is 5.76. The molecular weight excluding hydrogens is 338 g/mol. The Morgan fingerprint density at radius 2 is 2.17 bits per heavy atom. The monoisotopic (exact) mass is 345 g/mol. The number of hydrogen-bond donors (Lipinski definition) is 0. The summed E-state index contributed by atoms with van der Waals surface area (Å²) in [5.74, 6) is 1.95. The molecule has 0 atom stereocenters. The van der Waals surface area contributed by atoms with Gasteiger partial charge in [0.1, 0.15) is 18.2 Å². The third-order valence-corrected chi connectivity index (χ3v) is 4.34. The van der Waals surface area contributed by atoms with Crippen molar-refractivity contribution in [1.29, 1.82) is 0 Å². The van der Waals surface area contributed by atoms with Gasteiger partial charge in [-0.1, -0.05) is 0 Å². The Morgan fingerprint density at radius 3 is 2.94 bits per heavy atom. The van der Waals surface area contributed by atoms with Crippen LogP contribution < -0.4 is 9.47 Å².